The average Bonchev–Trinajstić information content (AvgIpc) is 2.74. The Kier molecular flexibility index (Phi) is 3.51. The summed E-state index contributed by atoms with van der Waals surface area (Å²) in [5.41, 5.74) is 8.01. The van der Waals surface area contributed by atoms with Crippen LogP contribution in [0.25, 0.3) is 0 Å². The van der Waals surface area contributed by atoms with Gasteiger partial charge in [-0.3, -0.25) is 4.68 Å². The number of thioether (sulfide) groups is 1. The molecule has 0 saturated carbocycles. The zero-order chi connectivity index (χ0) is 11.4. The van der Waals surface area contributed by atoms with Crippen molar-refractivity contribution >= 4 is 17.4 Å². The van der Waals surface area contributed by atoms with E-state index in [0.29, 0.717) is 0 Å². The lowest BCUT2D eigenvalue weighted by atomic mass is 10.2. The Labute approximate surface area is 99.7 Å². The lowest BCUT2D eigenvalue weighted by Crippen LogP contribution is -2.00. The van der Waals surface area contributed by atoms with E-state index in [9.17, 15) is 0 Å². The molecule has 16 heavy (non-hydrogen) atoms. The van der Waals surface area contributed by atoms with E-state index in [-0.39, 0.29) is 0 Å². The van der Waals surface area contributed by atoms with Crippen LogP contribution < -0.4 is 5.73 Å². The van der Waals surface area contributed by atoms with Gasteiger partial charge in [-0.05, 0) is 30.7 Å². The zero-order valence-electron chi connectivity index (χ0n) is 9.26. The number of hydrogen-bond acceptors (Lipinski definition) is 3. The fourth-order valence-electron chi connectivity index (χ4n) is 1.48. The molecule has 0 bridgehead atoms. The Hall–Kier alpha value is -1.42. The molecule has 2 aromatic rings. The van der Waals surface area contributed by atoms with Crippen molar-refractivity contribution in [3.05, 3.63) is 42.2 Å². The molecule has 0 aliphatic carbocycles. The molecule has 4 heteroatoms. The van der Waals surface area contributed by atoms with Crippen molar-refractivity contribution < 1.29 is 0 Å². The minimum Gasteiger partial charge on any atom is -0.398 e. The summed E-state index contributed by atoms with van der Waals surface area (Å²) in [5, 5.41) is 4.16. The fourth-order valence-corrected chi connectivity index (χ4v) is 2.37. The van der Waals surface area contributed by atoms with Gasteiger partial charge in [0, 0.05) is 28.7 Å². The largest absolute Gasteiger partial charge is 0.398 e. The minimum atomic E-state index is 0.866. The molecule has 0 spiro atoms. The predicted octanol–water partition coefficient (Wildman–Crippen LogP) is 2.57. The van der Waals surface area contributed by atoms with E-state index in [1.807, 2.05) is 23.0 Å². The number of aromatic nitrogens is 2. The molecular formula is C12H15N3S. The highest BCUT2D eigenvalue weighted by Crippen LogP contribution is 2.25. The van der Waals surface area contributed by atoms with Crippen molar-refractivity contribution in [3.63, 3.8) is 0 Å². The number of nitrogens with two attached hydrogens (primary N) is 1. The summed E-state index contributed by atoms with van der Waals surface area (Å²) in [5.74, 6) is 0.981. The van der Waals surface area contributed by atoms with Gasteiger partial charge in [0.2, 0.25) is 0 Å². The Balaban J connectivity index is 1.90. The Bertz CT molecular complexity index is 451. The maximum absolute atomic E-state index is 5.94. The second-order valence-corrected chi connectivity index (χ2v) is 4.80. The molecule has 0 atom stereocenters. The third kappa shape index (κ3) is 2.79. The van der Waals surface area contributed by atoms with E-state index >= 15 is 0 Å². The number of nitrogens with zero attached hydrogens (tertiary/aromatic N) is 2. The van der Waals surface area contributed by atoms with Crippen molar-refractivity contribution in [1.82, 2.24) is 9.78 Å². The minimum absolute atomic E-state index is 0.866. The van der Waals surface area contributed by atoms with Gasteiger partial charge in [-0.2, -0.15) is 5.10 Å². The van der Waals surface area contributed by atoms with E-state index in [1.54, 1.807) is 18.0 Å². The van der Waals surface area contributed by atoms with Crippen LogP contribution in [0.3, 0.4) is 0 Å². The molecule has 0 saturated heterocycles. The first-order valence-electron chi connectivity index (χ1n) is 5.22. The Morgan fingerprint density at radius 3 is 3.00 bits per heavy atom. The van der Waals surface area contributed by atoms with Crippen LogP contribution in [0.5, 0.6) is 0 Å². The van der Waals surface area contributed by atoms with Gasteiger partial charge in [-0.1, -0.05) is 6.07 Å². The molecule has 0 radical (unpaired) electrons. The van der Waals surface area contributed by atoms with Gasteiger partial charge in [0.15, 0.2) is 0 Å². The Morgan fingerprint density at radius 1 is 1.44 bits per heavy atom. The maximum atomic E-state index is 5.94. The third-order valence-electron chi connectivity index (χ3n) is 2.30. The van der Waals surface area contributed by atoms with Crippen LogP contribution in [0, 0.1) is 6.92 Å². The van der Waals surface area contributed by atoms with Gasteiger partial charge in [0.1, 0.15) is 0 Å². The average molecular weight is 233 g/mol. The summed E-state index contributed by atoms with van der Waals surface area (Å²) in [6.45, 7) is 2.96. The molecule has 0 fully saturated rings. The molecule has 1 heterocycles. The van der Waals surface area contributed by atoms with Crippen LogP contribution in [0.15, 0.2) is 41.6 Å². The fraction of sp³-hybridized carbons (Fsp3) is 0.250. The molecule has 2 N–H and O–H groups in total. The number of benzene rings is 1. The van der Waals surface area contributed by atoms with Gasteiger partial charge in [0.05, 0.1) is 6.54 Å². The second kappa shape index (κ2) is 5.07. The summed E-state index contributed by atoms with van der Waals surface area (Å²) in [6.07, 6.45) is 3.77. The van der Waals surface area contributed by atoms with Crippen molar-refractivity contribution in [2.75, 3.05) is 11.5 Å². The smallest absolute Gasteiger partial charge is 0.0503 e. The first-order valence-corrected chi connectivity index (χ1v) is 6.20. The topological polar surface area (TPSA) is 43.8 Å². The number of anilines is 1. The molecule has 2 rings (SSSR count). The van der Waals surface area contributed by atoms with Crippen LogP contribution in [0.1, 0.15) is 5.56 Å². The number of hydrogen-bond donors (Lipinski definition) is 1. The van der Waals surface area contributed by atoms with Crippen LogP contribution in [0.4, 0.5) is 5.69 Å². The van der Waals surface area contributed by atoms with Crippen LogP contribution >= 0.6 is 11.8 Å². The molecule has 1 aromatic heterocycles. The Morgan fingerprint density at radius 2 is 2.31 bits per heavy atom. The summed E-state index contributed by atoms with van der Waals surface area (Å²) < 4.78 is 1.93. The quantitative estimate of drug-likeness (QED) is 0.652. The maximum Gasteiger partial charge on any atom is 0.0503 e. The summed E-state index contributed by atoms with van der Waals surface area (Å²) in [4.78, 5) is 1.15. The molecule has 0 aliphatic heterocycles. The second-order valence-electron chi connectivity index (χ2n) is 3.66. The number of aryl methyl sites for hydroxylation is 2. The highest BCUT2D eigenvalue weighted by atomic mass is 32.2. The molecule has 0 aliphatic rings. The number of rotatable bonds is 4. The third-order valence-corrected chi connectivity index (χ3v) is 3.37. The van der Waals surface area contributed by atoms with Crippen LogP contribution in [-0.4, -0.2) is 15.5 Å². The van der Waals surface area contributed by atoms with Crippen molar-refractivity contribution in [3.8, 4) is 0 Å². The lowest BCUT2D eigenvalue weighted by Gasteiger charge is -2.06. The van der Waals surface area contributed by atoms with E-state index in [1.165, 1.54) is 5.56 Å². The van der Waals surface area contributed by atoms with E-state index in [0.717, 1.165) is 22.9 Å². The summed E-state index contributed by atoms with van der Waals surface area (Å²) >= 11 is 1.77. The van der Waals surface area contributed by atoms with Gasteiger partial charge in [-0.25, -0.2) is 0 Å². The standard InChI is InChI=1S/C12H15N3S/c1-10-3-4-12(11(13)9-10)16-8-7-15-6-2-5-14-15/h2-6,9H,7-8,13H2,1H3. The normalized spacial score (nSPS) is 10.6. The molecule has 0 unspecified atom stereocenters. The van der Waals surface area contributed by atoms with E-state index in [2.05, 4.69) is 24.2 Å². The van der Waals surface area contributed by atoms with E-state index < -0.39 is 0 Å². The molecule has 3 nitrogen and oxygen atoms in total. The van der Waals surface area contributed by atoms with Crippen molar-refractivity contribution in [1.29, 1.82) is 0 Å². The molecule has 0 amide bonds. The van der Waals surface area contributed by atoms with Gasteiger partial charge in [-0.15, -0.1) is 11.8 Å². The first kappa shape index (κ1) is 11.1. The molecular weight excluding hydrogens is 218 g/mol. The summed E-state index contributed by atoms with van der Waals surface area (Å²) in [7, 11) is 0. The first-order chi connectivity index (χ1) is 7.75. The monoisotopic (exact) mass is 233 g/mol. The van der Waals surface area contributed by atoms with Crippen molar-refractivity contribution in [2.45, 2.75) is 18.4 Å². The summed E-state index contributed by atoms with van der Waals surface area (Å²) in [6, 6.07) is 8.12. The van der Waals surface area contributed by atoms with Gasteiger partial charge < -0.3 is 5.73 Å². The SMILES string of the molecule is Cc1ccc(SCCn2cccn2)c(N)c1. The number of nitrogen functional groups attached to an aromatic ring is 1. The van der Waals surface area contributed by atoms with Gasteiger partial charge >= 0.3 is 0 Å². The predicted molar refractivity (Wildman–Crippen MR) is 68.5 cm³/mol. The van der Waals surface area contributed by atoms with E-state index in [4.69, 9.17) is 5.73 Å². The van der Waals surface area contributed by atoms with Crippen LogP contribution in [-0.2, 0) is 6.54 Å². The molecule has 1 aromatic carbocycles. The van der Waals surface area contributed by atoms with Crippen molar-refractivity contribution in [2.24, 2.45) is 0 Å². The van der Waals surface area contributed by atoms with Gasteiger partial charge in [0.25, 0.3) is 0 Å². The lowest BCUT2D eigenvalue weighted by molar-refractivity contribution is 0.666. The highest BCUT2D eigenvalue weighted by molar-refractivity contribution is 7.99. The van der Waals surface area contributed by atoms with Crippen LogP contribution in [0.2, 0.25) is 0 Å². The highest BCUT2D eigenvalue weighted by Gasteiger charge is 2.00. The molecule has 84 valence electrons. The zero-order valence-corrected chi connectivity index (χ0v) is 10.1.